The standard InChI is InChI=1S/C8H6N4O2S2/c13-7(14)5-1-9-3-10-6(5)2-15-8-12-11-4-16-8/h1,3-4H,2H2,(H,13,14). The average Bonchev–Trinajstić information content (AvgIpc) is 2.79. The van der Waals surface area contributed by atoms with E-state index in [0.717, 1.165) is 4.34 Å². The summed E-state index contributed by atoms with van der Waals surface area (Å²) in [4.78, 5) is 18.5. The molecule has 2 aromatic heterocycles. The normalized spacial score (nSPS) is 10.2. The maximum Gasteiger partial charge on any atom is 0.339 e. The van der Waals surface area contributed by atoms with E-state index in [4.69, 9.17) is 5.11 Å². The SMILES string of the molecule is O=C(O)c1cncnc1CSc1nncs1. The lowest BCUT2D eigenvalue weighted by Gasteiger charge is -2.01. The second kappa shape index (κ2) is 4.99. The Morgan fingerprint density at radius 3 is 3.12 bits per heavy atom. The van der Waals surface area contributed by atoms with Gasteiger partial charge < -0.3 is 5.11 Å². The minimum Gasteiger partial charge on any atom is -0.478 e. The van der Waals surface area contributed by atoms with Gasteiger partial charge in [-0.15, -0.1) is 10.2 Å². The number of carboxylic acid groups (broad SMARTS) is 1. The van der Waals surface area contributed by atoms with Gasteiger partial charge in [-0.25, -0.2) is 14.8 Å². The molecule has 82 valence electrons. The third-order valence-corrected chi connectivity index (χ3v) is 3.57. The number of aromatic nitrogens is 4. The van der Waals surface area contributed by atoms with Gasteiger partial charge in [-0.1, -0.05) is 23.1 Å². The van der Waals surface area contributed by atoms with Crippen molar-refractivity contribution in [1.29, 1.82) is 0 Å². The molecule has 0 aromatic carbocycles. The summed E-state index contributed by atoms with van der Waals surface area (Å²) in [6.45, 7) is 0. The molecule has 0 amide bonds. The van der Waals surface area contributed by atoms with Gasteiger partial charge in [-0.05, 0) is 0 Å². The fraction of sp³-hybridized carbons (Fsp3) is 0.125. The van der Waals surface area contributed by atoms with Crippen molar-refractivity contribution in [2.24, 2.45) is 0 Å². The van der Waals surface area contributed by atoms with E-state index in [-0.39, 0.29) is 5.56 Å². The maximum absolute atomic E-state index is 10.9. The molecule has 0 spiro atoms. The number of hydrogen-bond acceptors (Lipinski definition) is 7. The third-order valence-electron chi connectivity index (χ3n) is 1.70. The van der Waals surface area contributed by atoms with Gasteiger partial charge in [0.15, 0.2) is 4.34 Å². The molecule has 2 heterocycles. The smallest absolute Gasteiger partial charge is 0.339 e. The van der Waals surface area contributed by atoms with E-state index >= 15 is 0 Å². The van der Waals surface area contributed by atoms with Crippen LogP contribution in [-0.4, -0.2) is 31.2 Å². The molecule has 0 aliphatic rings. The number of aromatic carboxylic acids is 1. The molecule has 8 heteroatoms. The predicted octanol–water partition coefficient (Wildman–Crippen LogP) is 1.32. The van der Waals surface area contributed by atoms with Crippen LogP contribution >= 0.6 is 23.1 Å². The summed E-state index contributed by atoms with van der Waals surface area (Å²) in [5.74, 6) is -0.576. The second-order valence-corrected chi connectivity index (χ2v) is 4.74. The van der Waals surface area contributed by atoms with Crippen molar-refractivity contribution in [1.82, 2.24) is 20.2 Å². The molecule has 0 bridgehead atoms. The number of carbonyl (C=O) groups is 1. The van der Waals surface area contributed by atoms with Crippen LogP contribution in [0.1, 0.15) is 16.1 Å². The highest BCUT2D eigenvalue weighted by Crippen LogP contribution is 2.23. The van der Waals surface area contributed by atoms with Crippen LogP contribution in [0.4, 0.5) is 0 Å². The number of rotatable bonds is 4. The van der Waals surface area contributed by atoms with Crippen molar-refractivity contribution in [3.63, 3.8) is 0 Å². The zero-order valence-electron chi connectivity index (χ0n) is 7.90. The fourth-order valence-electron chi connectivity index (χ4n) is 1.00. The van der Waals surface area contributed by atoms with Gasteiger partial charge in [-0.3, -0.25) is 0 Å². The lowest BCUT2D eigenvalue weighted by molar-refractivity contribution is 0.0695. The Morgan fingerprint density at radius 1 is 1.56 bits per heavy atom. The Labute approximate surface area is 98.8 Å². The lowest BCUT2D eigenvalue weighted by atomic mass is 10.2. The molecular weight excluding hydrogens is 248 g/mol. The van der Waals surface area contributed by atoms with Crippen LogP contribution in [0.2, 0.25) is 0 Å². The third kappa shape index (κ3) is 2.52. The van der Waals surface area contributed by atoms with Gasteiger partial charge in [0.25, 0.3) is 0 Å². The Hall–Kier alpha value is -1.54. The van der Waals surface area contributed by atoms with Crippen LogP contribution in [0.3, 0.4) is 0 Å². The lowest BCUT2D eigenvalue weighted by Crippen LogP contribution is -2.04. The molecule has 0 unspecified atom stereocenters. The monoisotopic (exact) mass is 254 g/mol. The number of thioether (sulfide) groups is 1. The summed E-state index contributed by atoms with van der Waals surface area (Å²) >= 11 is 2.81. The highest BCUT2D eigenvalue weighted by Gasteiger charge is 2.12. The highest BCUT2D eigenvalue weighted by atomic mass is 32.2. The van der Waals surface area contributed by atoms with Crippen molar-refractivity contribution in [3.8, 4) is 0 Å². The number of nitrogens with zero attached hydrogens (tertiary/aromatic N) is 4. The zero-order chi connectivity index (χ0) is 11.4. The molecule has 16 heavy (non-hydrogen) atoms. The van der Waals surface area contributed by atoms with Crippen molar-refractivity contribution < 1.29 is 9.90 Å². The van der Waals surface area contributed by atoms with Crippen molar-refractivity contribution >= 4 is 29.1 Å². The molecular formula is C8H6N4O2S2. The average molecular weight is 254 g/mol. The summed E-state index contributed by atoms with van der Waals surface area (Å²) in [6, 6.07) is 0. The van der Waals surface area contributed by atoms with Crippen LogP contribution in [0.15, 0.2) is 22.4 Å². The van der Waals surface area contributed by atoms with Crippen molar-refractivity contribution in [2.75, 3.05) is 0 Å². The molecule has 1 N–H and O–H groups in total. The van der Waals surface area contributed by atoms with Crippen LogP contribution in [-0.2, 0) is 5.75 Å². The van der Waals surface area contributed by atoms with Crippen molar-refractivity contribution in [2.45, 2.75) is 10.1 Å². The fourth-order valence-corrected chi connectivity index (χ4v) is 2.46. The molecule has 2 rings (SSSR count). The van der Waals surface area contributed by atoms with Gasteiger partial charge in [0, 0.05) is 11.9 Å². The first-order chi connectivity index (χ1) is 7.77. The van der Waals surface area contributed by atoms with E-state index in [0.29, 0.717) is 11.4 Å². The van der Waals surface area contributed by atoms with Gasteiger partial charge in [-0.2, -0.15) is 0 Å². The largest absolute Gasteiger partial charge is 0.478 e. The summed E-state index contributed by atoms with van der Waals surface area (Å²) < 4.78 is 0.787. The van der Waals surface area contributed by atoms with Gasteiger partial charge in [0.2, 0.25) is 0 Å². The van der Waals surface area contributed by atoms with Gasteiger partial charge in [0.1, 0.15) is 17.4 Å². The summed E-state index contributed by atoms with van der Waals surface area (Å²) in [5.41, 5.74) is 2.24. The maximum atomic E-state index is 10.9. The highest BCUT2D eigenvalue weighted by molar-refractivity contribution is 8.00. The minimum absolute atomic E-state index is 0.125. The van der Waals surface area contributed by atoms with E-state index in [1.54, 1.807) is 5.51 Å². The summed E-state index contributed by atoms with van der Waals surface area (Å²) in [5, 5.41) is 16.4. The summed E-state index contributed by atoms with van der Waals surface area (Å²) in [6.07, 6.45) is 2.63. The van der Waals surface area contributed by atoms with Crippen LogP contribution < -0.4 is 0 Å². The molecule has 0 fully saturated rings. The minimum atomic E-state index is -1.02. The van der Waals surface area contributed by atoms with E-state index in [2.05, 4.69) is 20.2 Å². The first kappa shape index (κ1) is 11.0. The van der Waals surface area contributed by atoms with E-state index in [1.165, 1.54) is 35.6 Å². The van der Waals surface area contributed by atoms with Crippen molar-refractivity contribution in [3.05, 3.63) is 29.3 Å². The number of carboxylic acids is 1. The van der Waals surface area contributed by atoms with Gasteiger partial charge >= 0.3 is 5.97 Å². The first-order valence-corrected chi connectivity index (χ1v) is 6.05. The Kier molecular flexibility index (Phi) is 3.42. The Balaban J connectivity index is 2.12. The molecule has 0 radical (unpaired) electrons. The molecule has 6 nitrogen and oxygen atoms in total. The van der Waals surface area contributed by atoms with E-state index in [9.17, 15) is 4.79 Å². The molecule has 0 aliphatic carbocycles. The first-order valence-electron chi connectivity index (χ1n) is 4.18. The molecule has 0 aliphatic heterocycles. The number of hydrogen-bond donors (Lipinski definition) is 1. The Morgan fingerprint density at radius 2 is 2.44 bits per heavy atom. The van der Waals surface area contributed by atoms with Crippen LogP contribution in [0.5, 0.6) is 0 Å². The Bertz CT molecular complexity index is 489. The van der Waals surface area contributed by atoms with Gasteiger partial charge in [0.05, 0.1) is 5.69 Å². The topological polar surface area (TPSA) is 88.9 Å². The predicted molar refractivity (Wildman–Crippen MR) is 58.5 cm³/mol. The molecule has 0 saturated heterocycles. The van der Waals surface area contributed by atoms with Crippen LogP contribution in [0, 0.1) is 0 Å². The zero-order valence-corrected chi connectivity index (χ0v) is 9.53. The van der Waals surface area contributed by atoms with Crippen LogP contribution in [0.25, 0.3) is 0 Å². The van der Waals surface area contributed by atoms with E-state index < -0.39 is 5.97 Å². The molecule has 0 atom stereocenters. The molecule has 0 saturated carbocycles. The molecule has 2 aromatic rings. The summed E-state index contributed by atoms with van der Waals surface area (Å²) in [7, 11) is 0. The second-order valence-electron chi connectivity index (χ2n) is 2.68. The quantitative estimate of drug-likeness (QED) is 0.823. The van der Waals surface area contributed by atoms with E-state index in [1.807, 2.05) is 0 Å².